The summed E-state index contributed by atoms with van der Waals surface area (Å²) < 4.78 is 1.71. The van der Waals surface area contributed by atoms with E-state index in [0.717, 1.165) is 18.4 Å². The minimum absolute atomic E-state index is 0.00248. The van der Waals surface area contributed by atoms with Crippen LogP contribution in [0.25, 0.3) is 0 Å². The number of benzene rings is 2. The van der Waals surface area contributed by atoms with Crippen LogP contribution in [0, 0.1) is 0 Å². The Morgan fingerprint density at radius 3 is 2.42 bits per heavy atom. The lowest BCUT2D eigenvalue weighted by atomic mass is 10.1. The fourth-order valence-electron chi connectivity index (χ4n) is 2.50. The number of aryl methyl sites for hydroxylation is 1. The first-order valence-corrected chi connectivity index (χ1v) is 9.53. The van der Waals surface area contributed by atoms with Crippen LogP contribution in [0.5, 0.6) is 0 Å². The van der Waals surface area contributed by atoms with Gasteiger partial charge in [0.25, 0.3) is 0 Å². The van der Waals surface area contributed by atoms with Crippen LogP contribution in [0.15, 0.2) is 65.8 Å². The molecule has 7 heteroatoms. The summed E-state index contributed by atoms with van der Waals surface area (Å²) in [5.74, 6) is 0.304. The van der Waals surface area contributed by atoms with Crippen molar-refractivity contribution in [1.82, 2.24) is 25.5 Å². The Hall–Kier alpha value is -2.67. The van der Waals surface area contributed by atoms with Crippen molar-refractivity contribution < 1.29 is 4.79 Å². The van der Waals surface area contributed by atoms with Gasteiger partial charge >= 0.3 is 0 Å². The lowest BCUT2D eigenvalue weighted by molar-refractivity contribution is -0.118. The van der Waals surface area contributed by atoms with Crippen molar-refractivity contribution in [3.63, 3.8) is 0 Å². The molecule has 1 heterocycles. The number of nitrogens with one attached hydrogen (secondary N) is 1. The van der Waals surface area contributed by atoms with Crippen LogP contribution in [0.1, 0.15) is 17.5 Å². The van der Waals surface area contributed by atoms with Gasteiger partial charge in [-0.25, -0.2) is 4.68 Å². The SMILES string of the molecule is O=C(CSc1nnnn1Cc1ccccc1)NCCCc1ccccc1. The number of thioether (sulfide) groups is 1. The average molecular weight is 367 g/mol. The minimum atomic E-state index is -0.00248. The van der Waals surface area contributed by atoms with E-state index in [1.165, 1.54) is 17.3 Å². The smallest absolute Gasteiger partial charge is 0.230 e. The molecule has 1 amide bonds. The van der Waals surface area contributed by atoms with Crippen LogP contribution in [0.4, 0.5) is 0 Å². The Bertz CT molecular complexity index is 807. The summed E-state index contributed by atoms with van der Waals surface area (Å²) in [7, 11) is 0. The topological polar surface area (TPSA) is 72.7 Å². The van der Waals surface area contributed by atoms with Crippen LogP contribution >= 0.6 is 11.8 Å². The normalized spacial score (nSPS) is 10.6. The van der Waals surface area contributed by atoms with Crippen molar-refractivity contribution in [1.29, 1.82) is 0 Å². The standard InChI is InChI=1S/C19H21N5OS/c25-18(20-13-7-12-16-8-3-1-4-9-16)15-26-19-21-22-23-24(19)14-17-10-5-2-6-11-17/h1-6,8-11H,7,12-15H2,(H,20,25). The average Bonchev–Trinajstić information content (AvgIpc) is 3.12. The Morgan fingerprint density at radius 1 is 1.00 bits per heavy atom. The second-order valence-electron chi connectivity index (χ2n) is 5.83. The summed E-state index contributed by atoms with van der Waals surface area (Å²) >= 11 is 1.35. The first-order chi connectivity index (χ1) is 12.8. The summed E-state index contributed by atoms with van der Waals surface area (Å²) in [6, 6.07) is 20.3. The monoisotopic (exact) mass is 367 g/mol. The molecule has 0 saturated carbocycles. The largest absolute Gasteiger partial charge is 0.355 e. The molecule has 0 fully saturated rings. The van der Waals surface area contributed by atoms with E-state index >= 15 is 0 Å². The van der Waals surface area contributed by atoms with Gasteiger partial charge in [0.2, 0.25) is 11.1 Å². The first kappa shape index (κ1) is 18.1. The fraction of sp³-hybridized carbons (Fsp3) is 0.263. The maximum absolute atomic E-state index is 12.0. The number of nitrogens with zero attached hydrogens (tertiary/aromatic N) is 4. The van der Waals surface area contributed by atoms with Crippen molar-refractivity contribution in [2.24, 2.45) is 0 Å². The molecule has 1 N–H and O–H groups in total. The van der Waals surface area contributed by atoms with Gasteiger partial charge in [0, 0.05) is 6.54 Å². The van der Waals surface area contributed by atoms with Crippen molar-refractivity contribution in [2.75, 3.05) is 12.3 Å². The Kier molecular flexibility index (Phi) is 6.78. The summed E-state index contributed by atoms with van der Waals surface area (Å²) in [5, 5.41) is 15.3. The zero-order chi connectivity index (χ0) is 18.0. The maximum atomic E-state index is 12.0. The molecule has 6 nitrogen and oxygen atoms in total. The number of rotatable bonds is 9. The van der Waals surface area contributed by atoms with Crippen LogP contribution in [-0.2, 0) is 17.8 Å². The van der Waals surface area contributed by atoms with E-state index in [1.807, 2.05) is 48.5 Å². The number of amides is 1. The van der Waals surface area contributed by atoms with Crippen molar-refractivity contribution in [3.05, 3.63) is 71.8 Å². The third kappa shape index (κ3) is 5.70. The molecule has 1 aromatic heterocycles. The molecule has 0 atom stereocenters. The van der Waals surface area contributed by atoms with E-state index in [1.54, 1.807) is 4.68 Å². The lowest BCUT2D eigenvalue weighted by Gasteiger charge is -2.06. The molecule has 2 aromatic carbocycles. The van der Waals surface area contributed by atoms with Gasteiger partial charge in [-0.1, -0.05) is 72.4 Å². The van der Waals surface area contributed by atoms with Gasteiger partial charge < -0.3 is 5.32 Å². The lowest BCUT2D eigenvalue weighted by Crippen LogP contribution is -2.26. The quantitative estimate of drug-likeness (QED) is 0.465. The highest BCUT2D eigenvalue weighted by molar-refractivity contribution is 7.99. The van der Waals surface area contributed by atoms with Crippen LogP contribution < -0.4 is 5.32 Å². The fourth-order valence-corrected chi connectivity index (χ4v) is 3.21. The van der Waals surface area contributed by atoms with Gasteiger partial charge in [-0.05, 0) is 34.4 Å². The number of carbonyl (C=O) groups is 1. The second kappa shape index (κ2) is 9.72. The van der Waals surface area contributed by atoms with Gasteiger partial charge in [-0.3, -0.25) is 4.79 Å². The first-order valence-electron chi connectivity index (χ1n) is 8.55. The van der Waals surface area contributed by atoms with Crippen molar-refractivity contribution in [3.8, 4) is 0 Å². The zero-order valence-electron chi connectivity index (χ0n) is 14.4. The van der Waals surface area contributed by atoms with E-state index in [4.69, 9.17) is 0 Å². The molecule has 0 saturated heterocycles. The van der Waals surface area contributed by atoms with Crippen molar-refractivity contribution >= 4 is 17.7 Å². The van der Waals surface area contributed by atoms with Gasteiger partial charge in [0.05, 0.1) is 12.3 Å². The van der Waals surface area contributed by atoms with Crippen LogP contribution in [0.2, 0.25) is 0 Å². The molecule has 0 aliphatic rings. The molecule has 26 heavy (non-hydrogen) atoms. The van der Waals surface area contributed by atoms with E-state index in [2.05, 4.69) is 33.0 Å². The molecule has 0 bridgehead atoms. The maximum Gasteiger partial charge on any atom is 0.230 e. The third-order valence-corrected chi connectivity index (χ3v) is 4.77. The molecule has 0 radical (unpaired) electrons. The summed E-state index contributed by atoms with van der Waals surface area (Å²) in [4.78, 5) is 12.0. The molecule has 3 aromatic rings. The third-order valence-electron chi connectivity index (χ3n) is 3.81. The molecular formula is C19H21N5OS. The molecule has 0 spiro atoms. The number of hydrogen-bond donors (Lipinski definition) is 1. The van der Waals surface area contributed by atoms with Gasteiger partial charge in [-0.15, -0.1) is 5.10 Å². The Labute approximate surface area is 157 Å². The highest BCUT2D eigenvalue weighted by Crippen LogP contribution is 2.14. The minimum Gasteiger partial charge on any atom is -0.355 e. The molecule has 0 aliphatic carbocycles. The van der Waals surface area contributed by atoms with Crippen LogP contribution in [-0.4, -0.2) is 38.4 Å². The van der Waals surface area contributed by atoms with E-state index in [0.29, 0.717) is 24.0 Å². The number of aromatic nitrogens is 4. The van der Waals surface area contributed by atoms with Crippen molar-refractivity contribution in [2.45, 2.75) is 24.5 Å². The molecule has 0 unspecified atom stereocenters. The second-order valence-corrected chi connectivity index (χ2v) is 6.77. The highest BCUT2D eigenvalue weighted by Gasteiger charge is 2.10. The highest BCUT2D eigenvalue weighted by atomic mass is 32.2. The molecule has 0 aliphatic heterocycles. The number of carbonyl (C=O) groups excluding carboxylic acids is 1. The zero-order valence-corrected chi connectivity index (χ0v) is 15.2. The number of hydrogen-bond acceptors (Lipinski definition) is 5. The van der Waals surface area contributed by atoms with E-state index < -0.39 is 0 Å². The summed E-state index contributed by atoms with van der Waals surface area (Å²) in [5.41, 5.74) is 2.41. The Balaban J connectivity index is 1.39. The van der Waals surface area contributed by atoms with Gasteiger partial charge in [0.1, 0.15) is 0 Å². The van der Waals surface area contributed by atoms with E-state index in [9.17, 15) is 4.79 Å². The predicted octanol–water partition coefficient (Wildman–Crippen LogP) is 2.56. The van der Waals surface area contributed by atoms with Gasteiger partial charge in [-0.2, -0.15) is 0 Å². The van der Waals surface area contributed by atoms with E-state index in [-0.39, 0.29) is 5.91 Å². The van der Waals surface area contributed by atoms with Crippen LogP contribution in [0.3, 0.4) is 0 Å². The predicted molar refractivity (Wildman–Crippen MR) is 102 cm³/mol. The number of tetrazole rings is 1. The van der Waals surface area contributed by atoms with Gasteiger partial charge in [0.15, 0.2) is 0 Å². The summed E-state index contributed by atoms with van der Waals surface area (Å²) in [6.07, 6.45) is 1.88. The molecule has 3 rings (SSSR count). The summed E-state index contributed by atoms with van der Waals surface area (Å²) in [6.45, 7) is 1.26. The Morgan fingerprint density at radius 2 is 1.69 bits per heavy atom. The molecular weight excluding hydrogens is 346 g/mol. The molecule has 134 valence electrons.